The first-order chi connectivity index (χ1) is 18.8. The number of carboxylic acids is 1. The minimum absolute atomic E-state index is 0.187. The molecule has 216 valence electrons. The van der Waals surface area contributed by atoms with Gasteiger partial charge in [0.1, 0.15) is 18.2 Å². The molecule has 11 nitrogen and oxygen atoms in total. The molecule has 3 rings (SSSR count). The molecule has 3 atom stereocenters. The van der Waals surface area contributed by atoms with Crippen LogP contribution in [0.25, 0.3) is 17.0 Å². The summed E-state index contributed by atoms with van der Waals surface area (Å²) in [5.74, 6) is -2.48. The minimum Gasteiger partial charge on any atom is -0.481 e. The van der Waals surface area contributed by atoms with E-state index in [4.69, 9.17) is 0 Å². The molecule has 0 unspecified atom stereocenters. The second kappa shape index (κ2) is 13.0. The molecule has 3 amide bonds. The van der Waals surface area contributed by atoms with Crippen molar-refractivity contribution < 1.29 is 29.4 Å². The summed E-state index contributed by atoms with van der Waals surface area (Å²) in [7, 11) is 0. The Hall–Kier alpha value is -3.83. The first-order valence-electron chi connectivity index (χ1n) is 13.4. The van der Waals surface area contributed by atoms with Gasteiger partial charge in [0, 0.05) is 11.9 Å². The zero-order chi connectivity index (χ0) is 29.6. The average molecular weight is 554 g/mol. The van der Waals surface area contributed by atoms with Crippen molar-refractivity contribution in [2.75, 3.05) is 6.54 Å². The van der Waals surface area contributed by atoms with Gasteiger partial charge in [-0.2, -0.15) is 0 Å². The summed E-state index contributed by atoms with van der Waals surface area (Å²) in [6.07, 6.45) is 3.32. The number of rotatable bonds is 10. The molecule has 0 spiro atoms. The van der Waals surface area contributed by atoms with Crippen LogP contribution in [0.5, 0.6) is 0 Å². The molecule has 0 bridgehead atoms. The van der Waals surface area contributed by atoms with Crippen molar-refractivity contribution in [2.45, 2.75) is 72.2 Å². The standard InChI is InChI=1S/C29H39N5O6/c1-17(2)24(35)26(37)31-18(3)27(38)34-14-6-7-22(33-34)25(36)30-16-21-11-10-20-9-8-19(15-23(20)32-21)12-13-29(4,5)28(39)40/h8-13,15,17-18,22,24,33,35H,6-7,14,16H2,1-5H3,(H,30,36)(H,31,37)(H,39,40)/t18-,22-,24-/m0/s1. The van der Waals surface area contributed by atoms with Gasteiger partial charge in [-0.1, -0.05) is 44.2 Å². The van der Waals surface area contributed by atoms with Crippen LogP contribution in [-0.2, 0) is 25.7 Å². The topological polar surface area (TPSA) is 161 Å². The van der Waals surface area contributed by atoms with E-state index in [1.165, 1.54) is 11.9 Å². The molecular formula is C29H39N5O6. The number of hydrogen-bond acceptors (Lipinski definition) is 7. The monoisotopic (exact) mass is 553 g/mol. The molecule has 5 N–H and O–H groups in total. The van der Waals surface area contributed by atoms with Gasteiger partial charge in [0.25, 0.3) is 5.91 Å². The Labute approximate surface area is 234 Å². The number of hydrazine groups is 1. The highest BCUT2D eigenvalue weighted by molar-refractivity contribution is 5.89. The largest absolute Gasteiger partial charge is 0.481 e. The summed E-state index contributed by atoms with van der Waals surface area (Å²) >= 11 is 0. The fraction of sp³-hybridized carbons (Fsp3) is 0.483. The van der Waals surface area contributed by atoms with Gasteiger partial charge in [-0.3, -0.25) is 29.2 Å². The second-order valence-electron chi connectivity index (χ2n) is 11.1. The number of aliphatic carboxylic acids is 1. The van der Waals surface area contributed by atoms with Crippen molar-refractivity contribution in [2.24, 2.45) is 11.3 Å². The number of carbonyl (C=O) groups is 4. The third-order valence-corrected chi connectivity index (χ3v) is 6.86. The van der Waals surface area contributed by atoms with E-state index < -0.39 is 41.4 Å². The fourth-order valence-electron chi connectivity index (χ4n) is 4.09. The van der Waals surface area contributed by atoms with E-state index in [0.29, 0.717) is 30.6 Å². The van der Waals surface area contributed by atoms with Gasteiger partial charge < -0.3 is 20.8 Å². The number of aromatic nitrogens is 1. The van der Waals surface area contributed by atoms with E-state index in [1.54, 1.807) is 39.8 Å². The first-order valence-corrected chi connectivity index (χ1v) is 13.4. The number of aliphatic hydroxyl groups is 1. The van der Waals surface area contributed by atoms with Crippen LogP contribution in [-0.4, -0.2) is 68.6 Å². The molecule has 40 heavy (non-hydrogen) atoms. The van der Waals surface area contributed by atoms with Crippen LogP contribution < -0.4 is 16.1 Å². The van der Waals surface area contributed by atoms with Gasteiger partial charge >= 0.3 is 5.97 Å². The van der Waals surface area contributed by atoms with Crippen LogP contribution in [0, 0.1) is 11.3 Å². The number of pyridine rings is 1. The van der Waals surface area contributed by atoms with Crippen molar-refractivity contribution in [1.82, 2.24) is 26.1 Å². The third kappa shape index (κ3) is 7.86. The van der Waals surface area contributed by atoms with Crippen molar-refractivity contribution in [3.8, 4) is 0 Å². The lowest BCUT2D eigenvalue weighted by Gasteiger charge is -2.34. The Morgan fingerprint density at radius 1 is 1.18 bits per heavy atom. The van der Waals surface area contributed by atoms with Gasteiger partial charge in [-0.25, -0.2) is 5.43 Å². The van der Waals surface area contributed by atoms with Crippen LogP contribution in [0.1, 0.15) is 58.7 Å². The van der Waals surface area contributed by atoms with Gasteiger partial charge in [0.05, 0.1) is 23.2 Å². The van der Waals surface area contributed by atoms with E-state index >= 15 is 0 Å². The van der Waals surface area contributed by atoms with E-state index in [2.05, 4.69) is 21.0 Å². The number of benzene rings is 1. The van der Waals surface area contributed by atoms with Crippen LogP contribution >= 0.6 is 0 Å². The number of hydrogen-bond donors (Lipinski definition) is 5. The fourth-order valence-corrected chi connectivity index (χ4v) is 4.09. The highest BCUT2D eigenvalue weighted by atomic mass is 16.4. The highest BCUT2D eigenvalue weighted by Gasteiger charge is 2.31. The molecule has 2 aromatic rings. The van der Waals surface area contributed by atoms with Gasteiger partial charge in [0.15, 0.2) is 0 Å². The highest BCUT2D eigenvalue weighted by Crippen LogP contribution is 2.21. The van der Waals surface area contributed by atoms with E-state index in [-0.39, 0.29) is 18.4 Å². The number of carboxylic acid groups (broad SMARTS) is 1. The Morgan fingerprint density at radius 2 is 1.88 bits per heavy atom. The predicted octanol–water partition coefficient (Wildman–Crippen LogP) is 1.99. The summed E-state index contributed by atoms with van der Waals surface area (Å²) < 4.78 is 0. The Kier molecular flexibility index (Phi) is 9.99. The lowest BCUT2D eigenvalue weighted by molar-refractivity contribution is -0.145. The van der Waals surface area contributed by atoms with Crippen molar-refractivity contribution in [3.05, 3.63) is 47.7 Å². The zero-order valence-electron chi connectivity index (χ0n) is 23.6. The van der Waals surface area contributed by atoms with Gasteiger partial charge in [-0.05, 0) is 57.2 Å². The predicted molar refractivity (Wildman–Crippen MR) is 150 cm³/mol. The van der Waals surface area contributed by atoms with Crippen LogP contribution in [0.3, 0.4) is 0 Å². The number of aliphatic hydroxyl groups excluding tert-OH is 1. The molecule has 1 aromatic carbocycles. The molecule has 0 radical (unpaired) electrons. The average Bonchev–Trinajstić information content (AvgIpc) is 2.93. The maximum atomic E-state index is 12.9. The van der Waals surface area contributed by atoms with Gasteiger partial charge in [0.2, 0.25) is 11.8 Å². The number of carbonyl (C=O) groups excluding carboxylic acids is 3. The molecule has 2 heterocycles. The number of fused-ring (bicyclic) bond motifs is 1. The molecule has 0 saturated carbocycles. The molecule has 1 saturated heterocycles. The maximum Gasteiger partial charge on any atom is 0.312 e. The summed E-state index contributed by atoms with van der Waals surface area (Å²) in [6, 6.07) is 7.89. The van der Waals surface area contributed by atoms with E-state index in [0.717, 1.165) is 10.9 Å². The molecule has 1 aromatic heterocycles. The Bertz CT molecular complexity index is 1290. The van der Waals surface area contributed by atoms with Crippen molar-refractivity contribution in [3.63, 3.8) is 0 Å². The lowest BCUT2D eigenvalue weighted by Crippen LogP contribution is -2.61. The molecule has 1 aliphatic rings. The normalized spacial score (nSPS) is 17.6. The lowest BCUT2D eigenvalue weighted by atomic mass is 9.92. The number of nitrogens with zero attached hydrogens (tertiary/aromatic N) is 2. The summed E-state index contributed by atoms with van der Waals surface area (Å²) in [4.78, 5) is 53.9. The van der Waals surface area contributed by atoms with Crippen LogP contribution in [0.4, 0.5) is 0 Å². The molecule has 11 heteroatoms. The minimum atomic E-state index is -1.21. The molecule has 1 aliphatic heterocycles. The summed E-state index contributed by atoms with van der Waals surface area (Å²) in [6.45, 7) is 8.78. The number of nitrogens with one attached hydrogen (secondary N) is 3. The van der Waals surface area contributed by atoms with Gasteiger partial charge in [-0.15, -0.1) is 0 Å². The summed E-state index contributed by atoms with van der Waals surface area (Å²) in [5.41, 5.74) is 4.14. The summed E-state index contributed by atoms with van der Waals surface area (Å²) in [5, 5.41) is 26.9. The maximum absolute atomic E-state index is 12.9. The van der Waals surface area contributed by atoms with Crippen LogP contribution in [0.15, 0.2) is 36.4 Å². The SMILES string of the molecule is CC(C)[C@H](O)C(=O)N[C@@H](C)C(=O)N1CCC[C@@H](C(=O)NCc2ccc3ccc(C=CC(C)(C)C(=O)O)cc3n2)N1. The quantitative estimate of drug-likeness (QED) is 0.299. The Balaban J connectivity index is 1.59. The van der Waals surface area contributed by atoms with E-state index in [1.807, 2.05) is 30.3 Å². The number of amides is 3. The van der Waals surface area contributed by atoms with Crippen LogP contribution in [0.2, 0.25) is 0 Å². The molecular weight excluding hydrogens is 514 g/mol. The third-order valence-electron chi connectivity index (χ3n) is 6.86. The smallest absolute Gasteiger partial charge is 0.312 e. The zero-order valence-corrected chi connectivity index (χ0v) is 23.6. The molecule has 0 aliphatic carbocycles. The first kappa shape index (κ1) is 30.7. The molecule has 1 fully saturated rings. The van der Waals surface area contributed by atoms with E-state index in [9.17, 15) is 29.4 Å². The van der Waals surface area contributed by atoms with Crippen molar-refractivity contribution >= 4 is 40.7 Å². The van der Waals surface area contributed by atoms with Crippen molar-refractivity contribution in [1.29, 1.82) is 0 Å². The Morgan fingerprint density at radius 3 is 2.55 bits per heavy atom. The second-order valence-corrected chi connectivity index (χ2v) is 11.1.